The van der Waals surface area contributed by atoms with Crippen LogP contribution in [-0.4, -0.2) is 46.8 Å². The molecule has 2 aromatic carbocycles. The lowest BCUT2D eigenvalue weighted by Crippen LogP contribution is -2.52. The summed E-state index contributed by atoms with van der Waals surface area (Å²) in [4.78, 5) is 54.3. The number of amides is 5. The summed E-state index contributed by atoms with van der Waals surface area (Å²) in [5.74, 6) is -0.955. The fraction of sp³-hybridized carbons (Fsp3) is 0.333. The Hall–Kier alpha value is -3.68. The number of fused-ring (bicyclic) bond motifs is 2. The summed E-state index contributed by atoms with van der Waals surface area (Å²) in [5.41, 5.74) is 2.31. The summed E-state index contributed by atoms with van der Waals surface area (Å²) in [6.07, 6.45) is 1.73. The van der Waals surface area contributed by atoms with Crippen molar-refractivity contribution in [2.24, 2.45) is 0 Å². The van der Waals surface area contributed by atoms with Gasteiger partial charge in [-0.2, -0.15) is 0 Å². The minimum Gasteiger partial charge on any atom is -0.324 e. The van der Waals surface area contributed by atoms with Gasteiger partial charge in [0.15, 0.2) is 0 Å². The molecule has 1 fully saturated rings. The van der Waals surface area contributed by atoms with Gasteiger partial charge in [-0.1, -0.05) is 36.4 Å². The number of benzene rings is 2. The van der Waals surface area contributed by atoms with Crippen LogP contribution in [0.15, 0.2) is 48.5 Å². The summed E-state index contributed by atoms with van der Waals surface area (Å²) in [5, 5.41) is 5.68. The smallest absolute Gasteiger partial charge is 0.324 e. The molecule has 0 bridgehead atoms. The first-order valence-corrected chi connectivity index (χ1v) is 10.8. The molecule has 1 aliphatic carbocycles. The van der Waals surface area contributed by atoms with Crippen molar-refractivity contribution in [2.45, 2.75) is 44.2 Å². The summed E-state index contributed by atoms with van der Waals surface area (Å²) in [6, 6.07) is 14.0. The van der Waals surface area contributed by atoms with Crippen molar-refractivity contribution in [3.8, 4) is 0 Å². The van der Waals surface area contributed by atoms with Gasteiger partial charge in [-0.25, -0.2) is 4.79 Å². The maximum atomic E-state index is 13.4. The predicted octanol–water partition coefficient (Wildman–Crippen LogP) is 2.23. The van der Waals surface area contributed by atoms with Crippen LogP contribution in [0.3, 0.4) is 0 Å². The molecule has 32 heavy (non-hydrogen) atoms. The van der Waals surface area contributed by atoms with Crippen LogP contribution in [0, 0.1) is 0 Å². The fourth-order valence-corrected chi connectivity index (χ4v) is 5.02. The van der Waals surface area contributed by atoms with Gasteiger partial charge in [0.2, 0.25) is 11.8 Å². The molecule has 0 saturated carbocycles. The summed E-state index contributed by atoms with van der Waals surface area (Å²) in [6.45, 7) is 1.41. The van der Waals surface area contributed by atoms with Gasteiger partial charge in [-0.15, -0.1) is 0 Å². The molecule has 2 aliphatic heterocycles. The van der Waals surface area contributed by atoms with Crippen molar-refractivity contribution in [2.75, 3.05) is 16.8 Å². The highest BCUT2D eigenvalue weighted by Gasteiger charge is 2.53. The van der Waals surface area contributed by atoms with Gasteiger partial charge in [-0.05, 0) is 43.0 Å². The average Bonchev–Trinajstić information content (AvgIpc) is 2.90. The third-order valence-electron chi connectivity index (χ3n) is 6.60. The molecule has 2 aromatic rings. The number of rotatable bonds is 2. The maximum absolute atomic E-state index is 13.4. The van der Waals surface area contributed by atoms with E-state index in [1.165, 1.54) is 10.5 Å². The normalized spacial score (nSPS) is 24.5. The van der Waals surface area contributed by atoms with Crippen molar-refractivity contribution >= 4 is 35.1 Å². The average molecular weight is 432 g/mol. The van der Waals surface area contributed by atoms with Crippen LogP contribution in [0.25, 0.3) is 0 Å². The number of aryl methyl sites for hydroxylation is 1. The zero-order valence-corrected chi connectivity index (χ0v) is 17.8. The summed E-state index contributed by atoms with van der Waals surface area (Å²) < 4.78 is 0. The minimum atomic E-state index is -1.01. The number of carbonyl (C=O) groups is 4. The SMILES string of the molecule is CC1CC(=O)Nc2ccccc2N1C(=O)CN1C(=O)NC2(CCc3ccccc3C2)C1=O. The molecule has 0 radical (unpaired) electrons. The molecule has 8 nitrogen and oxygen atoms in total. The molecule has 8 heteroatoms. The number of nitrogens with zero attached hydrogens (tertiary/aromatic N) is 2. The molecular weight excluding hydrogens is 408 g/mol. The number of nitrogens with one attached hydrogen (secondary N) is 2. The molecule has 5 amide bonds. The molecule has 1 spiro atoms. The minimum absolute atomic E-state index is 0.126. The van der Waals surface area contributed by atoms with Gasteiger partial charge in [0.05, 0.1) is 11.4 Å². The summed E-state index contributed by atoms with van der Waals surface area (Å²) >= 11 is 0. The lowest BCUT2D eigenvalue weighted by atomic mass is 9.78. The highest BCUT2D eigenvalue weighted by Crippen LogP contribution is 2.35. The van der Waals surface area contributed by atoms with E-state index in [1.54, 1.807) is 31.2 Å². The van der Waals surface area contributed by atoms with E-state index in [0.717, 1.165) is 10.5 Å². The molecule has 2 atom stereocenters. The predicted molar refractivity (Wildman–Crippen MR) is 118 cm³/mol. The molecule has 3 aliphatic rings. The second kappa shape index (κ2) is 7.47. The number of urea groups is 1. The lowest BCUT2D eigenvalue weighted by molar-refractivity contribution is -0.134. The van der Waals surface area contributed by atoms with Crippen molar-refractivity contribution in [3.63, 3.8) is 0 Å². The Morgan fingerprint density at radius 2 is 1.78 bits per heavy atom. The monoisotopic (exact) mass is 432 g/mol. The van der Waals surface area contributed by atoms with E-state index < -0.39 is 23.5 Å². The number of imide groups is 1. The largest absolute Gasteiger partial charge is 0.325 e. The van der Waals surface area contributed by atoms with Gasteiger partial charge in [0.1, 0.15) is 12.1 Å². The highest BCUT2D eigenvalue weighted by molar-refractivity contribution is 6.12. The van der Waals surface area contributed by atoms with Crippen LogP contribution in [0.5, 0.6) is 0 Å². The quantitative estimate of drug-likeness (QED) is 0.711. The van der Waals surface area contributed by atoms with Crippen LogP contribution < -0.4 is 15.5 Å². The number of hydrogen-bond acceptors (Lipinski definition) is 4. The summed E-state index contributed by atoms with van der Waals surface area (Å²) in [7, 11) is 0. The van der Waals surface area contributed by atoms with E-state index >= 15 is 0 Å². The van der Waals surface area contributed by atoms with Gasteiger partial charge in [0, 0.05) is 18.9 Å². The van der Waals surface area contributed by atoms with Crippen LogP contribution in [0.4, 0.5) is 16.2 Å². The second-order valence-electron chi connectivity index (χ2n) is 8.73. The van der Waals surface area contributed by atoms with Gasteiger partial charge in [-0.3, -0.25) is 19.3 Å². The Labute approximate surface area is 185 Å². The topological polar surface area (TPSA) is 98.8 Å². The van der Waals surface area contributed by atoms with Gasteiger partial charge >= 0.3 is 6.03 Å². The second-order valence-corrected chi connectivity index (χ2v) is 8.73. The zero-order chi connectivity index (χ0) is 22.5. The molecule has 2 heterocycles. The van der Waals surface area contributed by atoms with E-state index in [1.807, 2.05) is 24.3 Å². The Kier molecular flexibility index (Phi) is 4.73. The molecule has 2 N–H and O–H groups in total. The first kappa shape index (κ1) is 20.2. The van der Waals surface area contributed by atoms with E-state index in [4.69, 9.17) is 0 Å². The van der Waals surface area contributed by atoms with E-state index in [2.05, 4.69) is 10.6 Å². The van der Waals surface area contributed by atoms with Crippen molar-refractivity contribution in [1.29, 1.82) is 0 Å². The Balaban J connectivity index is 1.40. The zero-order valence-electron chi connectivity index (χ0n) is 17.8. The standard InChI is InChI=1S/C24H24N4O4/c1-15-12-20(29)25-18-8-4-5-9-19(18)28(15)21(30)14-27-22(31)24(26-23(27)32)11-10-16-6-2-3-7-17(16)13-24/h2-9,15H,10-14H2,1H3,(H,25,29)(H,26,32). The van der Waals surface area contributed by atoms with Crippen LogP contribution in [-0.2, 0) is 27.2 Å². The maximum Gasteiger partial charge on any atom is 0.325 e. The lowest BCUT2D eigenvalue weighted by Gasteiger charge is -2.32. The van der Waals surface area contributed by atoms with Crippen LogP contribution in [0.1, 0.15) is 30.9 Å². The molecule has 2 unspecified atom stereocenters. The number of anilines is 2. The highest BCUT2D eigenvalue weighted by atomic mass is 16.2. The molecule has 1 saturated heterocycles. The van der Waals surface area contributed by atoms with Crippen LogP contribution >= 0.6 is 0 Å². The molecular formula is C24H24N4O4. The Morgan fingerprint density at radius 1 is 1.06 bits per heavy atom. The van der Waals surface area contributed by atoms with Crippen molar-refractivity contribution in [1.82, 2.24) is 10.2 Å². The number of para-hydroxylation sites is 2. The van der Waals surface area contributed by atoms with E-state index in [9.17, 15) is 19.2 Å². The first-order chi connectivity index (χ1) is 15.4. The third kappa shape index (κ3) is 3.23. The fourth-order valence-electron chi connectivity index (χ4n) is 5.02. The number of hydrogen-bond donors (Lipinski definition) is 2. The van der Waals surface area contributed by atoms with Crippen molar-refractivity contribution in [3.05, 3.63) is 59.7 Å². The van der Waals surface area contributed by atoms with E-state index in [0.29, 0.717) is 30.6 Å². The Bertz CT molecular complexity index is 1150. The van der Waals surface area contributed by atoms with Gasteiger partial charge < -0.3 is 15.5 Å². The number of carbonyl (C=O) groups excluding carboxylic acids is 4. The van der Waals surface area contributed by atoms with Crippen LogP contribution in [0.2, 0.25) is 0 Å². The van der Waals surface area contributed by atoms with Crippen molar-refractivity contribution < 1.29 is 19.2 Å². The molecule has 5 rings (SSSR count). The first-order valence-electron chi connectivity index (χ1n) is 10.8. The Morgan fingerprint density at radius 3 is 2.59 bits per heavy atom. The molecule has 0 aromatic heterocycles. The van der Waals surface area contributed by atoms with Gasteiger partial charge in [0.25, 0.3) is 5.91 Å². The third-order valence-corrected chi connectivity index (χ3v) is 6.60. The van der Waals surface area contributed by atoms with E-state index in [-0.39, 0.29) is 24.8 Å². The molecule has 164 valence electrons.